The number of hydrogen-bond acceptors (Lipinski definition) is 5. The molecule has 1 aromatic heterocycles. The van der Waals surface area contributed by atoms with Gasteiger partial charge >= 0.3 is 0 Å². The van der Waals surface area contributed by atoms with Gasteiger partial charge in [-0.1, -0.05) is 12.1 Å². The van der Waals surface area contributed by atoms with Crippen molar-refractivity contribution in [1.29, 1.82) is 0 Å². The van der Waals surface area contributed by atoms with E-state index in [9.17, 15) is 4.79 Å². The molecule has 0 saturated heterocycles. The first kappa shape index (κ1) is 13.7. The lowest BCUT2D eigenvalue weighted by atomic mass is 10.2. The second-order valence-corrected chi connectivity index (χ2v) is 4.23. The zero-order chi connectivity index (χ0) is 14.5. The maximum Gasteiger partial charge on any atom is 0.250 e. The smallest absolute Gasteiger partial charge is 0.250 e. The Morgan fingerprint density at radius 3 is 2.90 bits per heavy atom. The van der Waals surface area contributed by atoms with Gasteiger partial charge in [-0.25, -0.2) is 4.98 Å². The summed E-state index contributed by atoms with van der Waals surface area (Å²) in [5.74, 6) is 0.748. The van der Waals surface area contributed by atoms with Gasteiger partial charge in [0, 0.05) is 6.54 Å². The SMILES string of the molecule is COc1cccc(CNc2cc(C(N)=O)c(N)cn2)c1. The van der Waals surface area contributed by atoms with Gasteiger partial charge in [0.25, 0.3) is 5.91 Å². The van der Waals surface area contributed by atoms with Crippen LogP contribution in [0, 0.1) is 0 Å². The highest BCUT2D eigenvalue weighted by Gasteiger charge is 2.07. The van der Waals surface area contributed by atoms with Crippen LogP contribution in [0.2, 0.25) is 0 Å². The third-order valence-electron chi connectivity index (χ3n) is 2.81. The van der Waals surface area contributed by atoms with Crippen molar-refractivity contribution in [2.75, 3.05) is 18.2 Å². The standard InChI is InChI=1S/C14H16N4O2/c1-20-10-4-2-3-9(5-10)7-17-13-6-11(14(16)19)12(15)8-18-13/h2-6,8H,7,15H2,1H3,(H2,16,19)(H,17,18). The number of anilines is 2. The Balaban J connectivity index is 2.10. The Morgan fingerprint density at radius 1 is 1.40 bits per heavy atom. The van der Waals surface area contributed by atoms with Crippen molar-refractivity contribution in [3.05, 3.63) is 47.7 Å². The summed E-state index contributed by atoms with van der Waals surface area (Å²) in [6.07, 6.45) is 1.41. The molecule has 1 aromatic carbocycles. The van der Waals surface area contributed by atoms with E-state index in [0.717, 1.165) is 11.3 Å². The molecule has 0 aliphatic rings. The topological polar surface area (TPSA) is 103 Å². The van der Waals surface area contributed by atoms with Crippen LogP contribution in [-0.2, 0) is 6.54 Å². The van der Waals surface area contributed by atoms with E-state index in [2.05, 4.69) is 10.3 Å². The molecule has 0 saturated carbocycles. The van der Waals surface area contributed by atoms with Crippen molar-refractivity contribution in [2.24, 2.45) is 5.73 Å². The summed E-state index contributed by atoms with van der Waals surface area (Å²) in [5.41, 5.74) is 12.4. The molecule has 6 heteroatoms. The van der Waals surface area contributed by atoms with Crippen LogP contribution in [0.1, 0.15) is 15.9 Å². The summed E-state index contributed by atoms with van der Waals surface area (Å²) < 4.78 is 5.15. The highest BCUT2D eigenvalue weighted by molar-refractivity contribution is 5.98. The number of nitrogen functional groups attached to an aromatic ring is 1. The number of hydrogen-bond donors (Lipinski definition) is 3. The van der Waals surface area contributed by atoms with Crippen LogP contribution in [0.4, 0.5) is 11.5 Å². The molecular formula is C14H16N4O2. The monoisotopic (exact) mass is 272 g/mol. The van der Waals surface area contributed by atoms with Crippen LogP contribution in [-0.4, -0.2) is 18.0 Å². The van der Waals surface area contributed by atoms with Crippen molar-refractivity contribution < 1.29 is 9.53 Å². The van der Waals surface area contributed by atoms with Crippen molar-refractivity contribution in [2.45, 2.75) is 6.54 Å². The van der Waals surface area contributed by atoms with E-state index in [-0.39, 0.29) is 11.3 Å². The minimum Gasteiger partial charge on any atom is -0.497 e. The fraction of sp³-hybridized carbons (Fsp3) is 0.143. The molecule has 0 bridgehead atoms. The number of methoxy groups -OCH3 is 1. The predicted octanol–water partition coefficient (Wildman–Crippen LogP) is 1.38. The van der Waals surface area contributed by atoms with Crippen molar-refractivity contribution in [1.82, 2.24) is 4.98 Å². The van der Waals surface area contributed by atoms with Crippen molar-refractivity contribution in [3.8, 4) is 5.75 Å². The number of carbonyl (C=O) groups is 1. The largest absolute Gasteiger partial charge is 0.497 e. The molecule has 0 fully saturated rings. The summed E-state index contributed by atoms with van der Waals surface area (Å²) in [7, 11) is 1.62. The first-order chi connectivity index (χ1) is 9.60. The number of ether oxygens (including phenoxy) is 1. The van der Waals surface area contributed by atoms with E-state index in [1.165, 1.54) is 12.3 Å². The third kappa shape index (κ3) is 3.17. The van der Waals surface area contributed by atoms with Crippen LogP contribution in [0.25, 0.3) is 0 Å². The number of carbonyl (C=O) groups excluding carboxylic acids is 1. The van der Waals surface area contributed by atoms with E-state index in [0.29, 0.717) is 12.4 Å². The Hall–Kier alpha value is -2.76. The average molecular weight is 272 g/mol. The number of nitrogens with two attached hydrogens (primary N) is 2. The lowest BCUT2D eigenvalue weighted by molar-refractivity contribution is 0.100. The van der Waals surface area contributed by atoms with Crippen LogP contribution in [0.15, 0.2) is 36.5 Å². The lowest BCUT2D eigenvalue weighted by Crippen LogP contribution is -2.14. The number of rotatable bonds is 5. The molecule has 0 radical (unpaired) electrons. The molecule has 2 rings (SSSR count). The zero-order valence-electron chi connectivity index (χ0n) is 11.1. The number of aromatic nitrogens is 1. The fourth-order valence-electron chi connectivity index (χ4n) is 1.75. The molecule has 1 amide bonds. The normalized spacial score (nSPS) is 10.1. The summed E-state index contributed by atoms with van der Waals surface area (Å²) in [6, 6.07) is 9.19. The zero-order valence-corrected chi connectivity index (χ0v) is 11.1. The Labute approximate surface area is 116 Å². The molecule has 0 unspecified atom stereocenters. The molecule has 5 N–H and O–H groups in total. The number of primary amides is 1. The Morgan fingerprint density at radius 2 is 2.20 bits per heavy atom. The molecular weight excluding hydrogens is 256 g/mol. The molecule has 0 atom stereocenters. The number of nitrogens with zero attached hydrogens (tertiary/aromatic N) is 1. The summed E-state index contributed by atoms with van der Waals surface area (Å²) in [5, 5.41) is 3.10. The molecule has 0 spiro atoms. The fourth-order valence-corrected chi connectivity index (χ4v) is 1.75. The Bertz CT molecular complexity index is 628. The van der Waals surface area contributed by atoms with Crippen LogP contribution >= 0.6 is 0 Å². The molecule has 20 heavy (non-hydrogen) atoms. The van der Waals surface area contributed by atoms with Gasteiger partial charge in [0.05, 0.1) is 24.6 Å². The Kier molecular flexibility index (Phi) is 4.05. The van der Waals surface area contributed by atoms with Gasteiger partial charge in [-0.05, 0) is 23.8 Å². The lowest BCUT2D eigenvalue weighted by Gasteiger charge is -2.09. The maximum atomic E-state index is 11.2. The first-order valence-corrected chi connectivity index (χ1v) is 6.02. The first-order valence-electron chi connectivity index (χ1n) is 6.02. The number of nitrogens with one attached hydrogen (secondary N) is 1. The van der Waals surface area contributed by atoms with E-state index in [1.807, 2.05) is 24.3 Å². The number of benzene rings is 1. The summed E-state index contributed by atoms with van der Waals surface area (Å²) in [6.45, 7) is 0.548. The molecule has 6 nitrogen and oxygen atoms in total. The maximum absolute atomic E-state index is 11.2. The third-order valence-corrected chi connectivity index (χ3v) is 2.81. The van der Waals surface area contributed by atoms with Gasteiger partial charge in [0.2, 0.25) is 0 Å². The van der Waals surface area contributed by atoms with Crippen LogP contribution in [0.3, 0.4) is 0 Å². The predicted molar refractivity (Wildman–Crippen MR) is 77.5 cm³/mol. The van der Waals surface area contributed by atoms with Crippen LogP contribution in [0.5, 0.6) is 5.75 Å². The van der Waals surface area contributed by atoms with Crippen LogP contribution < -0.4 is 21.5 Å². The van der Waals surface area contributed by atoms with Gasteiger partial charge in [-0.15, -0.1) is 0 Å². The van der Waals surface area contributed by atoms with Gasteiger partial charge in [0.1, 0.15) is 11.6 Å². The number of amides is 1. The summed E-state index contributed by atoms with van der Waals surface area (Å²) >= 11 is 0. The van der Waals surface area contributed by atoms with Gasteiger partial charge < -0.3 is 21.5 Å². The molecule has 104 valence electrons. The average Bonchev–Trinajstić information content (AvgIpc) is 2.46. The second kappa shape index (κ2) is 5.92. The molecule has 0 aliphatic heterocycles. The van der Waals surface area contributed by atoms with Gasteiger partial charge in [-0.2, -0.15) is 0 Å². The molecule has 0 aliphatic carbocycles. The van der Waals surface area contributed by atoms with E-state index in [4.69, 9.17) is 16.2 Å². The van der Waals surface area contributed by atoms with E-state index in [1.54, 1.807) is 7.11 Å². The minimum absolute atomic E-state index is 0.258. The van der Waals surface area contributed by atoms with E-state index >= 15 is 0 Å². The van der Waals surface area contributed by atoms with Crippen molar-refractivity contribution in [3.63, 3.8) is 0 Å². The molecule has 1 heterocycles. The number of pyridine rings is 1. The quantitative estimate of drug-likeness (QED) is 0.763. The van der Waals surface area contributed by atoms with Gasteiger partial charge in [0.15, 0.2) is 0 Å². The summed E-state index contributed by atoms with van der Waals surface area (Å²) in [4.78, 5) is 15.3. The minimum atomic E-state index is -0.575. The molecule has 2 aromatic rings. The highest BCUT2D eigenvalue weighted by atomic mass is 16.5. The van der Waals surface area contributed by atoms with Gasteiger partial charge in [-0.3, -0.25) is 4.79 Å². The van der Waals surface area contributed by atoms with Crippen molar-refractivity contribution >= 4 is 17.4 Å². The highest BCUT2D eigenvalue weighted by Crippen LogP contribution is 2.16. The second-order valence-electron chi connectivity index (χ2n) is 4.23. The van der Waals surface area contributed by atoms with E-state index < -0.39 is 5.91 Å².